The lowest BCUT2D eigenvalue weighted by molar-refractivity contribution is 0.592. The number of hydrogen-bond acceptors (Lipinski definition) is 6. The Balaban J connectivity index is 2.35. The monoisotopic (exact) mass is 252 g/mol. The molecule has 2 aromatic rings. The van der Waals surface area contributed by atoms with Crippen LogP contribution in [0.15, 0.2) is 6.33 Å². The first-order valence-electron chi connectivity index (χ1n) is 5.60. The summed E-state index contributed by atoms with van der Waals surface area (Å²) in [7, 11) is 3.80. The zero-order valence-electron chi connectivity index (χ0n) is 10.2. The van der Waals surface area contributed by atoms with E-state index < -0.39 is 0 Å². The summed E-state index contributed by atoms with van der Waals surface area (Å²) in [6.45, 7) is 2.14. The van der Waals surface area contributed by atoms with E-state index >= 15 is 0 Å². The summed E-state index contributed by atoms with van der Waals surface area (Å²) in [6.07, 6.45) is 3.57. The van der Waals surface area contributed by atoms with Gasteiger partial charge in [-0.05, 0) is 25.0 Å². The van der Waals surface area contributed by atoms with E-state index in [-0.39, 0.29) is 6.04 Å². The van der Waals surface area contributed by atoms with Crippen LogP contribution in [0, 0.1) is 0 Å². The van der Waals surface area contributed by atoms with E-state index in [0.717, 1.165) is 29.2 Å². The van der Waals surface area contributed by atoms with E-state index in [1.54, 1.807) is 11.0 Å². The van der Waals surface area contributed by atoms with Gasteiger partial charge in [0.15, 0.2) is 0 Å². The van der Waals surface area contributed by atoms with Crippen molar-refractivity contribution in [3.8, 4) is 0 Å². The Hall–Kier alpha value is -1.34. The fraction of sp³-hybridized carbons (Fsp3) is 0.600. The predicted octanol–water partition coefficient (Wildman–Crippen LogP) is 0.928. The van der Waals surface area contributed by atoms with Gasteiger partial charge in [-0.15, -0.1) is 5.10 Å². The Bertz CT molecular complexity index is 477. The summed E-state index contributed by atoms with van der Waals surface area (Å²) in [6, 6.07) is 0.0176. The number of nitrogens with zero attached hydrogens (tertiary/aromatic N) is 5. The normalized spacial score (nSPS) is 12.9. The molecule has 2 rings (SSSR count). The van der Waals surface area contributed by atoms with Gasteiger partial charge in [-0.3, -0.25) is 4.68 Å². The van der Waals surface area contributed by atoms with Crippen LogP contribution in [0.3, 0.4) is 0 Å². The minimum absolute atomic E-state index is 0.0176. The second-order valence-corrected chi connectivity index (χ2v) is 4.58. The third-order valence-corrected chi connectivity index (χ3v) is 3.46. The van der Waals surface area contributed by atoms with Crippen LogP contribution in [-0.2, 0) is 13.5 Å². The van der Waals surface area contributed by atoms with Gasteiger partial charge in [0.25, 0.3) is 0 Å². The quantitative estimate of drug-likeness (QED) is 0.857. The van der Waals surface area contributed by atoms with Gasteiger partial charge in [-0.1, -0.05) is 17.8 Å². The van der Waals surface area contributed by atoms with Crippen molar-refractivity contribution in [2.45, 2.75) is 25.8 Å². The number of rotatable bonds is 5. The van der Waals surface area contributed by atoms with Crippen molar-refractivity contribution in [3.05, 3.63) is 22.7 Å². The molecule has 0 radical (unpaired) electrons. The van der Waals surface area contributed by atoms with Crippen LogP contribution in [0.2, 0.25) is 0 Å². The maximum atomic E-state index is 4.28. The van der Waals surface area contributed by atoms with Crippen LogP contribution >= 0.6 is 11.5 Å². The second kappa shape index (κ2) is 5.33. The molecule has 92 valence electrons. The van der Waals surface area contributed by atoms with Crippen molar-refractivity contribution in [3.63, 3.8) is 0 Å². The summed E-state index contributed by atoms with van der Waals surface area (Å²) < 4.78 is 5.82. The Morgan fingerprint density at radius 1 is 1.53 bits per heavy atom. The van der Waals surface area contributed by atoms with E-state index in [2.05, 4.69) is 31.9 Å². The Morgan fingerprint density at radius 3 is 2.94 bits per heavy atom. The SMILES string of the molecule is CCCc1nnsc1C(NC)c1ncnn1C. The van der Waals surface area contributed by atoms with Gasteiger partial charge >= 0.3 is 0 Å². The molecule has 0 bridgehead atoms. The van der Waals surface area contributed by atoms with Gasteiger partial charge in [0, 0.05) is 7.05 Å². The minimum Gasteiger partial charge on any atom is -0.306 e. The smallest absolute Gasteiger partial charge is 0.149 e. The van der Waals surface area contributed by atoms with Crippen LogP contribution in [0.25, 0.3) is 0 Å². The zero-order chi connectivity index (χ0) is 12.3. The van der Waals surface area contributed by atoms with Crippen LogP contribution in [0.5, 0.6) is 0 Å². The van der Waals surface area contributed by atoms with Gasteiger partial charge < -0.3 is 5.32 Å². The Kier molecular flexibility index (Phi) is 3.80. The van der Waals surface area contributed by atoms with Crippen LogP contribution in [0.1, 0.15) is 35.8 Å². The van der Waals surface area contributed by atoms with E-state index in [9.17, 15) is 0 Å². The minimum atomic E-state index is 0.0176. The van der Waals surface area contributed by atoms with Crippen molar-refractivity contribution < 1.29 is 0 Å². The Morgan fingerprint density at radius 2 is 2.35 bits per heavy atom. The topological polar surface area (TPSA) is 68.5 Å². The molecule has 2 aromatic heterocycles. The van der Waals surface area contributed by atoms with Crippen LogP contribution in [-0.4, -0.2) is 31.4 Å². The molecule has 0 saturated heterocycles. The lowest BCUT2D eigenvalue weighted by atomic mass is 10.1. The largest absolute Gasteiger partial charge is 0.306 e. The van der Waals surface area contributed by atoms with E-state index in [1.165, 1.54) is 11.5 Å². The molecule has 0 aliphatic carbocycles. The molecule has 1 unspecified atom stereocenters. The molecule has 1 N–H and O–H groups in total. The Labute approximate surface area is 104 Å². The lowest BCUT2D eigenvalue weighted by Gasteiger charge is -2.13. The van der Waals surface area contributed by atoms with Crippen molar-refractivity contribution in [2.75, 3.05) is 7.05 Å². The molecule has 7 heteroatoms. The predicted molar refractivity (Wildman–Crippen MR) is 65.8 cm³/mol. The molecule has 0 aromatic carbocycles. The first-order valence-corrected chi connectivity index (χ1v) is 6.37. The number of aromatic nitrogens is 5. The first kappa shape index (κ1) is 12.1. The summed E-state index contributed by atoms with van der Waals surface area (Å²) >= 11 is 1.42. The molecule has 0 amide bonds. The van der Waals surface area contributed by atoms with Crippen molar-refractivity contribution >= 4 is 11.5 Å². The number of aryl methyl sites for hydroxylation is 2. The third kappa shape index (κ3) is 2.34. The fourth-order valence-corrected chi connectivity index (χ4v) is 2.59. The second-order valence-electron chi connectivity index (χ2n) is 3.80. The molecule has 2 heterocycles. The summed E-state index contributed by atoms with van der Waals surface area (Å²) in [5.41, 5.74) is 1.06. The summed E-state index contributed by atoms with van der Waals surface area (Å²) in [4.78, 5) is 5.41. The van der Waals surface area contributed by atoms with Crippen molar-refractivity contribution in [1.29, 1.82) is 0 Å². The molecule has 0 spiro atoms. The molecule has 17 heavy (non-hydrogen) atoms. The summed E-state index contributed by atoms with van der Waals surface area (Å²) in [5.74, 6) is 0.885. The highest BCUT2D eigenvalue weighted by Crippen LogP contribution is 2.25. The average Bonchev–Trinajstić information content (AvgIpc) is 2.92. The van der Waals surface area contributed by atoms with E-state index in [0.29, 0.717) is 0 Å². The maximum Gasteiger partial charge on any atom is 0.149 e. The molecule has 1 atom stereocenters. The molecular formula is C10H16N6S. The molecule has 6 nitrogen and oxygen atoms in total. The van der Waals surface area contributed by atoms with Gasteiger partial charge in [-0.25, -0.2) is 4.98 Å². The van der Waals surface area contributed by atoms with E-state index in [4.69, 9.17) is 0 Å². The third-order valence-electron chi connectivity index (χ3n) is 2.63. The molecule has 0 aliphatic rings. The first-order chi connectivity index (χ1) is 8.27. The van der Waals surface area contributed by atoms with Gasteiger partial charge in [0.1, 0.15) is 18.2 Å². The number of hydrogen-bond donors (Lipinski definition) is 1. The maximum absolute atomic E-state index is 4.28. The zero-order valence-corrected chi connectivity index (χ0v) is 11.0. The summed E-state index contributed by atoms with van der Waals surface area (Å²) in [5, 5.41) is 11.5. The van der Waals surface area contributed by atoms with E-state index in [1.807, 2.05) is 14.1 Å². The molecule has 0 fully saturated rings. The lowest BCUT2D eigenvalue weighted by Crippen LogP contribution is -2.21. The molecule has 0 saturated carbocycles. The average molecular weight is 252 g/mol. The van der Waals surface area contributed by atoms with Crippen molar-refractivity contribution in [2.24, 2.45) is 7.05 Å². The van der Waals surface area contributed by atoms with Gasteiger partial charge in [-0.2, -0.15) is 5.10 Å². The highest BCUT2D eigenvalue weighted by molar-refractivity contribution is 7.05. The van der Waals surface area contributed by atoms with Crippen LogP contribution in [0.4, 0.5) is 0 Å². The highest BCUT2D eigenvalue weighted by atomic mass is 32.1. The fourth-order valence-electron chi connectivity index (χ4n) is 1.79. The van der Waals surface area contributed by atoms with Crippen LogP contribution < -0.4 is 5.32 Å². The molecular weight excluding hydrogens is 236 g/mol. The number of nitrogens with one attached hydrogen (secondary N) is 1. The van der Waals surface area contributed by atoms with Crippen molar-refractivity contribution in [1.82, 2.24) is 29.7 Å². The van der Waals surface area contributed by atoms with Gasteiger partial charge in [0.05, 0.1) is 10.6 Å². The van der Waals surface area contributed by atoms with Gasteiger partial charge in [0.2, 0.25) is 0 Å². The standard InChI is InChI=1S/C10H16N6S/c1-4-5-7-9(17-15-14-7)8(11-2)10-12-6-13-16(10)3/h6,8,11H,4-5H2,1-3H3. The molecule has 0 aliphatic heterocycles. The highest BCUT2D eigenvalue weighted by Gasteiger charge is 2.22.